The summed E-state index contributed by atoms with van der Waals surface area (Å²) in [5, 5.41) is 17.8. The lowest BCUT2D eigenvalue weighted by Crippen LogP contribution is -2.32. The maximum Gasteiger partial charge on any atom is 0.224 e. The van der Waals surface area contributed by atoms with Crippen LogP contribution in [0.25, 0.3) is 0 Å². The summed E-state index contributed by atoms with van der Waals surface area (Å²) >= 11 is 0. The van der Waals surface area contributed by atoms with Crippen LogP contribution >= 0.6 is 0 Å². The Labute approximate surface area is 134 Å². The zero-order chi connectivity index (χ0) is 15.9. The average Bonchev–Trinajstić information content (AvgIpc) is 3.27. The van der Waals surface area contributed by atoms with E-state index in [0.29, 0.717) is 23.3 Å². The molecule has 2 aromatic heterocycles. The van der Waals surface area contributed by atoms with Crippen molar-refractivity contribution in [2.24, 2.45) is 5.92 Å². The highest BCUT2D eigenvalue weighted by atomic mass is 16.4. The first-order valence-electron chi connectivity index (χ1n) is 8.06. The topological polar surface area (TPSA) is 91.7 Å². The molecule has 0 spiro atoms. The predicted molar refractivity (Wildman–Crippen MR) is 81.7 cm³/mol. The van der Waals surface area contributed by atoms with Crippen LogP contribution in [-0.4, -0.2) is 33.3 Å². The first-order valence-corrected chi connectivity index (χ1v) is 8.06. The number of aryl methyl sites for hydroxylation is 1. The lowest BCUT2D eigenvalue weighted by Gasteiger charge is -2.24. The van der Waals surface area contributed by atoms with Crippen molar-refractivity contribution in [3.05, 3.63) is 29.9 Å². The second-order valence-corrected chi connectivity index (χ2v) is 6.32. The highest BCUT2D eigenvalue weighted by Crippen LogP contribution is 2.50. The molecule has 4 rings (SSSR count). The fourth-order valence-corrected chi connectivity index (χ4v) is 4.04. The van der Waals surface area contributed by atoms with Crippen molar-refractivity contribution in [2.75, 3.05) is 18.0 Å². The Kier molecular flexibility index (Phi) is 3.26. The highest BCUT2D eigenvalue weighted by molar-refractivity contribution is 5.52. The van der Waals surface area contributed by atoms with Crippen molar-refractivity contribution in [3.63, 3.8) is 0 Å². The van der Waals surface area contributed by atoms with E-state index in [4.69, 9.17) is 4.42 Å². The van der Waals surface area contributed by atoms with Crippen molar-refractivity contribution < 1.29 is 4.42 Å². The molecule has 1 aliphatic carbocycles. The molecule has 1 saturated heterocycles. The Bertz CT molecular complexity index is 766. The zero-order valence-electron chi connectivity index (χ0n) is 13.1. The van der Waals surface area contributed by atoms with Gasteiger partial charge in [-0.3, -0.25) is 0 Å². The van der Waals surface area contributed by atoms with E-state index in [1.807, 2.05) is 6.92 Å². The largest absolute Gasteiger partial charge is 0.425 e. The minimum atomic E-state index is -0.106. The second kappa shape index (κ2) is 5.30. The van der Waals surface area contributed by atoms with Crippen molar-refractivity contribution in [2.45, 2.75) is 38.0 Å². The SMILES string of the molecule is CCc1nnc([C@]23CCC[C@H]2CN(c2nccnc2C#N)C3)o1. The van der Waals surface area contributed by atoms with Gasteiger partial charge < -0.3 is 9.32 Å². The number of aromatic nitrogens is 4. The van der Waals surface area contributed by atoms with Crippen LogP contribution in [0.2, 0.25) is 0 Å². The number of hydrogen-bond donors (Lipinski definition) is 0. The standard InChI is InChI=1S/C16H18N6O/c1-2-13-20-21-15(23-13)16-5-3-4-11(16)9-22(10-16)14-12(8-17)18-6-7-19-14/h6-7,11H,2-5,9-10H2,1H3/t11-,16-/m0/s1. The van der Waals surface area contributed by atoms with E-state index in [1.54, 1.807) is 12.4 Å². The summed E-state index contributed by atoms with van der Waals surface area (Å²) in [6.07, 6.45) is 7.30. The molecule has 1 aliphatic heterocycles. The molecule has 2 aromatic rings. The molecule has 2 atom stereocenters. The van der Waals surface area contributed by atoms with Crippen LogP contribution in [0.5, 0.6) is 0 Å². The molecule has 0 radical (unpaired) electrons. The zero-order valence-corrected chi connectivity index (χ0v) is 13.1. The van der Waals surface area contributed by atoms with Crippen LogP contribution in [-0.2, 0) is 11.8 Å². The molecule has 0 bridgehead atoms. The van der Waals surface area contributed by atoms with Gasteiger partial charge in [-0.15, -0.1) is 10.2 Å². The third-order valence-corrected chi connectivity index (χ3v) is 5.15. The minimum absolute atomic E-state index is 0.106. The molecule has 1 saturated carbocycles. The summed E-state index contributed by atoms with van der Waals surface area (Å²) in [6, 6.07) is 2.14. The van der Waals surface area contributed by atoms with Gasteiger partial charge in [0.1, 0.15) is 6.07 Å². The van der Waals surface area contributed by atoms with E-state index in [0.717, 1.165) is 38.2 Å². The Morgan fingerprint density at radius 2 is 2.26 bits per heavy atom. The summed E-state index contributed by atoms with van der Waals surface area (Å²) in [4.78, 5) is 10.7. The number of anilines is 1. The van der Waals surface area contributed by atoms with Crippen molar-refractivity contribution in [3.8, 4) is 6.07 Å². The number of rotatable bonds is 3. The van der Waals surface area contributed by atoms with Crippen LogP contribution < -0.4 is 4.90 Å². The third-order valence-electron chi connectivity index (χ3n) is 5.15. The normalized spacial score (nSPS) is 26.3. The number of nitriles is 1. The maximum absolute atomic E-state index is 9.28. The molecular weight excluding hydrogens is 292 g/mol. The van der Waals surface area contributed by atoms with Gasteiger partial charge in [-0.2, -0.15) is 5.26 Å². The summed E-state index contributed by atoms with van der Waals surface area (Å²) in [5.41, 5.74) is 0.271. The van der Waals surface area contributed by atoms with Gasteiger partial charge in [0.25, 0.3) is 0 Å². The van der Waals surface area contributed by atoms with E-state index in [9.17, 15) is 5.26 Å². The van der Waals surface area contributed by atoms with Gasteiger partial charge in [-0.05, 0) is 18.8 Å². The highest BCUT2D eigenvalue weighted by Gasteiger charge is 2.54. The van der Waals surface area contributed by atoms with Crippen molar-refractivity contribution in [1.29, 1.82) is 5.26 Å². The number of nitrogens with zero attached hydrogens (tertiary/aromatic N) is 6. The monoisotopic (exact) mass is 310 g/mol. The van der Waals surface area contributed by atoms with Gasteiger partial charge in [0.2, 0.25) is 11.8 Å². The van der Waals surface area contributed by atoms with E-state index < -0.39 is 0 Å². The van der Waals surface area contributed by atoms with E-state index in [2.05, 4.69) is 31.1 Å². The molecule has 118 valence electrons. The quantitative estimate of drug-likeness (QED) is 0.854. The molecule has 7 heteroatoms. The molecule has 3 heterocycles. The minimum Gasteiger partial charge on any atom is -0.425 e. The Morgan fingerprint density at radius 3 is 3.04 bits per heavy atom. The van der Waals surface area contributed by atoms with Gasteiger partial charge in [0.15, 0.2) is 11.5 Å². The van der Waals surface area contributed by atoms with Crippen LogP contribution in [0.1, 0.15) is 43.7 Å². The van der Waals surface area contributed by atoms with Gasteiger partial charge in [0.05, 0.1) is 5.41 Å². The maximum atomic E-state index is 9.28. The number of fused-ring (bicyclic) bond motifs is 1. The molecule has 2 aliphatic rings. The first-order chi connectivity index (χ1) is 11.3. The molecular formula is C16H18N6O. The summed E-state index contributed by atoms with van der Waals surface area (Å²) < 4.78 is 5.91. The molecule has 7 nitrogen and oxygen atoms in total. The van der Waals surface area contributed by atoms with E-state index in [1.165, 1.54) is 6.42 Å². The predicted octanol–water partition coefficient (Wildman–Crippen LogP) is 1.85. The Balaban J connectivity index is 1.70. The average molecular weight is 310 g/mol. The molecule has 2 fully saturated rings. The van der Waals surface area contributed by atoms with Crippen LogP contribution in [0, 0.1) is 17.2 Å². The van der Waals surface area contributed by atoms with Crippen molar-refractivity contribution in [1.82, 2.24) is 20.2 Å². The first kappa shape index (κ1) is 14.1. The molecule has 23 heavy (non-hydrogen) atoms. The molecule has 0 N–H and O–H groups in total. The van der Waals surface area contributed by atoms with Gasteiger partial charge in [-0.25, -0.2) is 9.97 Å². The fourth-order valence-electron chi connectivity index (χ4n) is 4.04. The van der Waals surface area contributed by atoms with E-state index >= 15 is 0 Å². The summed E-state index contributed by atoms with van der Waals surface area (Å²) in [5.74, 6) is 2.57. The Morgan fingerprint density at radius 1 is 1.39 bits per heavy atom. The van der Waals surface area contributed by atoms with Crippen molar-refractivity contribution >= 4 is 5.82 Å². The summed E-state index contributed by atoms with van der Waals surface area (Å²) in [7, 11) is 0. The lowest BCUT2D eigenvalue weighted by molar-refractivity contribution is 0.297. The van der Waals surface area contributed by atoms with Crippen LogP contribution in [0.3, 0.4) is 0 Å². The Hall–Kier alpha value is -2.49. The molecule has 0 amide bonds. The fraction of sp³-hybridized carbons (Fsp3) is 0.562. The molecule has 0 unspecified atom stereocenters. The second-order valence-electron chi connectivity index (χ2n) is 6.32. The molecule has 0 aromatic carbocycles. The van der Waals surface area contributed by atoms with Gasteiger partial charge in [-0.1, -0.05) is 13.3 Å². The van der Waals surface area contributed by atoms with Crippen LogP contribution in [0.4, 0.5) is 5.82 Å². The third kappa shape index (κ3) is 2.09. The van der Waals surface area contributed by atoms with Crippen LogP contribution in [0.15, 0.2) is 16.8 Å². The number of hydrogen-bond acceptors (Lipinski definition) is 7. The van der Waals surface area contributed by atoms with Gasteiger partial charge >= 0.3 is 0 Å². The van der Waals surface area contributed by atoms with Gasteiger partial charge in [0, 0.05) is 31.9 Å². The lowest BCUT2D eigenvalue weighted by atomic mass is 9.80. The van der Waals surface area contributed by atoms with E-state index in [-0.39, 0.29) is 5.41 Å². The smallest absolute Gasteiger partial charge is 0.224 e. The summed E-state index contributed by atoms with van der Waals surface area (Å²) in [6.45, 7) is 3.63.